The van der Waals surface area contributed by atoms with Gasteiger partial charge in [0.2, 0.25) is 0 Å². The zero-order valence-corrected chi connectivity index (χ0v) is 9.17. The Bertz CT molecular complexity index is 397. The van der Waals surface area contributed by atoms with Crippen molar-refractivity contribution < 1.29 is 0 Å². The quantitative estimate of drug-likeness (QED) is 0.736. The predicted molar refractivity (Wildman–Crippen MR) is 61.8 cm³/mol. The van der Waals surface area contributed by atoms with Gasteiger partial charge in [-0.15, -0.1) is 0 Å². The van der Waals surface area contributed by atoms with Gasteiger partial charge in [-0.05, 0) is 36.5 Å². The molecular weight excluding hydrogens is 208 g/mol. The maximum atomic E-state index is 5.78. The van der Waals surface area contributed by atoms with Crippen LogP contribution in [0.1, 0.15) is 24.8 Å². The molecule has 2 aliphatic rings. The van der Waals surface area contributed by atoms with Crippen LogP contribution in [0.5, 0.6) is 0 Å². The third-order valence-corrected chi connectivity index (χ3v) is 3.47. The van der Waals surface area contributed by atoms with Gasteiger partial charge in [-0.25, -0.2) is 4.98 Å². The second kappa shape index (κ2) is 3.62. The van der Waals surface area contributed by atoms with Crippen LogP contribution in [-0.2, 0) is 0 Å². The van der Waals surface area contributed by atoms with E-state index in [2.05, 4.69) is 22.4 Å². The lowest BCUT2D eigenvalue weighted by Crippen LogP contribution is -2.31. The number of halogens is 1. The molecule has 0 aliphatic carbocycles. The van der Waals surface area contributed by atoms with Crippen molar-refractivity contribution in [3.05, 3.63) is 35.1 Å². The molecule has 0 radical (unpaired) electrons. The van der Waals surface area contributed by atoms with Crippen molar-refractivity contribution >= 4 is 17.2 Å². The monoisotopic (exact) mass is 220 g/mol. The van der Waals surface area contributed by atoms with Crippen molar-refractivity contribution in [2.75, 3.05) is 0 Å². The third-order valence-electron chi connectivity index (χ3n) is 3.24. The number of pyridine rings is 1. The molecule has 0 amide bonds. The molecule has 2 nitrogen and oxygen atoms in total. The number of fused-ring (bicyclic) bond motifs is 2. The van der Waals surface area contributed by atoms with Gasteiger partial charge in [0.1, 0.15) is 5.15 Å². The molecule has 1 aromatic heterocycles. The van der Waals surface area contributed by atoms with E-state index in [0.717, 1.165) is 6.42 Å². The summed E-state index contributed by atoms with van der Waals surface area (Å²) in [6.07, 6.45) is 7.91. The van der Waals surface area contributed by atoms with Gasteiger partial charge in [0.05, 0.1) is 0 Å². The van der Waals surface area contributed by atoms with E-state index < -0.39 is 0 Å². The molecule has 3 rings (SSSR count). The molecule has 0 saturated carbocycles. The molecule has 0 aromatic carbocycles. The Kier molecular flexibility index (Phi) is 2.26. The highest BCUT2D eigenvalue weighted by atomic mass is 35.5. The van der Waals surface area contributed by atoms with E-state index in [9.17, 15) is 0 Å². The first-order chi connectivity index (χ1) is 7.31. The molecule has 2 bridgehead atoms. The van der Waals surface area contributed by atoms with E-state index in [1.807, 2.05) is 12.3 Å². The van der Waals surface area contributed by atoms with Crippen LogP contribution in [0, 0.1) is 0 Å². The average molecular weight is 221 g/mol. The van der Waals surface area contributed by atoms with Gasteiger partial charge in [-0.1, -0.05) is 23.7 Å². The maximum Gasteiger partial charge on any atom is 0.129 e. The highest BCUT2D eigenvalue weighted by Gasteiger charge is 2.28. The summed E-state index contributed by atoms with van der Waals surface area (Å²) >= 11 is 5.78. The average Bonchev–Trinajstić information content (AvgIpc) is 2.59. The van der Waals surface area contributed by atoms with Gasteiger partial charge in [-0.2, -0.15) is 0 Å². The second-order valence-electron chi connectivity index (χ2n) is 4.31. The van der Waals surface area contributed by atoms with E-state index in [1.54, 1.807) is 0 Å². The minimum Gasteiger partial charge on any atom is -0.307 e. The van der Waals surface area contributed by atoms with Gasteiger partial charge in [-0.3, -0.25) is 0 Å². The lowest BCUT2D eigenvalue weighted by Gasteiger charge is -2.21. The molecule has 2 aliphatic heterocycles. The Labute approximate surface area is 94.4 Å². The van der Waals surface area contributed by atoms with Gasteiger partial charge in [0, 0.05) is 18.3 Å². The third kappa shape index (κ3) is 1.80. The molecule has 1 fully saturated rings. The molecule has 15 heavy (non-hydrogen) atoms. The first kappa shape index (κ1) is 9.37. The maximum absolute atomic E-state index is 5.78. The summed E-state index contributed by atoms with van der Waals surface area (Å²) in [5, 5.41) is 4.14. The summed E-state index contributed by atoms with van der Waals surface area (Å²) in [6.45, 7) is 0. The summed E-state index contributed by atoms with van der Waals surface area (Å²) in [7, 11) is 0. The van der Waals surface area contributed by atoms with Crippen LogP contribution in [-0.4, -0.2) is 17.1 Å². The molecular formula is C12H13ClN2. The van der Waals surface area contributed by atoms with Crippen LogP contribution in [0.15, 0.2) is 24.4 Å². The summed E-state index contributed by atoms with van der Waals surface area (Å²) in [6, 6.07) is 5.17. The molecule has 0 unspecified atom stereocenters. The Morgan fingerprint density at radius 2 is 2.27 bits per heavy atom. The summed E-state index contributed by atoms with van der Waals surface area (Å²) in [5.41, 5.74) is 2.64. The topological polar surface area (TPSA) is 24.9 Å². The van der Waals surface area contributed by atoms with Crippen LogP contribution < -0.4 is 5.32 Å². The minimum absolute atomic E-state index is 0.566. The second-order valence-corrected chi connectivity index (χ2v) is 4.70. The zero-order chi connectivity index (χ0) is 10.3. The highest BCUT2D eigenvalue weighted by molar-refractivity contribution is 6.29. The normalized spacial score (nSPS) is 29.0. The van der Waals surface area contributed by atoms with Crippen LogP contribution in [0.25, 0.3) is 5.57 Å². The van der Waals surface area contributed by atoms with E-state index in [1.165, 1.54) is 24.0 Å². The van der Waals surface area contributed by atoms with Crippen molar-refractivity contribution in [1.29, 1.82) is 0 Å². The van der Waals surface area contributed by atoms with Gasteiger partial charge < -0.3 is 5.32 Å². The van der Waals surface area contributed by atoms with Crippen molar-refractivity contribution in [2.24, 2.45) is 0 Å². The van der Waals surface area contributed by atoms with Crippen molar-refractivity contribution in [3.8, 4) is 0 Å². The first-order valence-corrected chi connectivity index (χ1v) is 5.78. The van der Waals surface area contributed by atoms with Gasteiger partial charge >= 0.3 is 0 Å². The van der Waals surface area contributed by atoms with E-state index >= 15 is 0 Å². The molecule has 1 aromatic rings. The fourth-order valence-corrected chi connectivity index (χ4v) is 2.61. The smallest absolute Gasteiger partial charge is 0.129 e. The van der Waals surface area contributed by atoms with Crippen molar-refractivity contribution in [1.82, 2.24) is 10.3 Å². The Morgan fingerprint density at radius 3 is 3.00 bits per heavy atom. The lowest BCUT2D eigenvalue weighted by molar-refractivity contribution is 0.575. The summed E-state index contributed by atoms with van der Waals surface area (Å²) < 4.78 is 0. The number of hydrogen-bond donors (Lipinski definition) is 1. The number of nitrogens with one attached hydrogen (secondary N) is 1. The van der Waals surface area contributed by atoms with E-state index in [-0.39, 0.29) is 0 Å². The minimum atomic E-state index is 0.566. The Morgan fingerprint density at radius 1 is 1.33 bits per heavy atom. The highest BCUT2D eigenvalue weighted by Crippen LogP contribution is 2.31. The standard InChI is InChI=1S/C12H13ClN2/c13-12-4-1-8(7-14-12)9-5-10-2-3-11(6-9)15-10/h1,4-5,7,10-11,15H,2-3,6H2/t10-,11+/m0/s1. The van der Waals surface area contributed by atoms with Crippen LogP contribution in [0.4, 0.5) is 0 Å². The summed E-state index contributed by atoms with van der Waals surface area (Å²) in [4.78, 5) is 4.13. The molecule has 1 N–H and O–H groups in total. The lowest BCUT2D eigenvalue weighted by atomic mass is 9.97. The van der Waals surface area contributed by atoms with Gasteiger partial charge in [0.25, 0.3) is 0 Å². The molecule has 1 saturated heterocycles. The number of rotatable bonds is 1. The Balaban J connectivity index is 1.91. The molecule has 78 valence electrons. The largest absolute Gasteiger partial charge is 0.307 e. The molecule has 2 atom stereocenters. The predicted octanol–water partition coefficient (Wildman–Crippen LogP) is 2.64. The zero-order valence-electron chi connectivity index (χ0n) is 8.41. The fraction of sp³-hybridized carbons (Fsp3) is 0.417. The molecule has 3 heteroatoms. The summed E-state index contributed by atoms with van der Waals surface area (Å²) in [5.74, 6) is 0. The van der Waals surface area contributed by atoms with Crippen LogP contribution in [0.2, 0.25) is 5.15 Å². The number of hydrogen-bond acceptors (Lipinski definition) is 2. The number of nitrogens with zero attached hydrogens (tertiary/aromatic N) is 1. The first-order valence-electron chi connectivity index (χ1n) is 5.40. The Hall–Kier alpha value is -0.860. The van der Waals surface area contributed by atoms with E-state index in [4.69, 9.17) is 11.6 Å². The molecule has 3 heterocycles. The number of aromatic nitrogens is 1. The van der Waals surface area contributed by atoms with Crippen LogP contribution in [0.3, 0.4) is 0 Å². The fourth-order valence-electron chi connectivity index (χ4n) is 2.50. The molecule has 0 spiro atoms. The SMILES string of the molecule is Clc1ccc(C2=C[C@@H]3CC[C@H](C2)N3)cn1. The van der Waals surface area contributed by atoms with E-state index in [0.29, 0.717) is 17.2 Å². The van der Waals surface area contributed by atoms with Crippen molar-refractivity contribution in [2.45, 2.75) is 31.3 Å². The van der Waals surface area contributed by atoms with Crippen molar-refractivity contribution in [3.63, 3.8) is 0 Å². The van der Waals surface area contributed by atoms with Crippen LogP contribution >= 0.6 is 11.6 Å². The van der Waals surface area contributed by atoms with Gasteiger partial charge in [0.15, 0.2) is 0 Å².